The van der Waals surface area contributed by atoms with Crippen LogP contribution in [0, 0.1) is 5.82 Å². The Morgan fingerprint density at radius 2 is 1.75 bits per heavy atom. The largest absolute Gasteiger partial charge is 0.382 e. The molecule has 0 heterocycles. The average Bonchev–Trinajstić information content (AvgIpc) is 3.36. The highest BCUT2D eigenvalue weighted by Crippen LogP contribution is 2.48. The molecule has 24 heavy (non-hydrogen) atoms. The number of rotatable bonds is 5. The molecule has 1 atom stereocenters. The van der Waals surface area contributed by atoms with E-state index in [-0.39, 0.29) is 11.1 Å². The predicted octanol–water partition coefficient (Wildman–Crippen LogP) is 3.31. The minimum absolute atomic E-state index is 0.0661. The Bertz CT molecular complexity index is 770. The van der Waals surface area contributed by atoms with Gasteiger partial charge in [-0.25, -0.2) is 13.2 Å². The lowest BCUT2D eigenvalue weighted by Crippen LogP contribution is -2.28. The molecule has 6 heteroatoms. The Kier molecular flexibility index (Phi) is 4.09. The van der Waals surface area contributed by atoms with Gasteiger partial charge in [-0.2, -0.15) is 0 Å². The molecule has 2 aromatic rings. The first kappa shape index (κ1) is 16.5. The van der Waals surface area contributed by atoms with Gasteiger partial charge in [0.15, 0.2) is 0 Å². The molecule has 0 aromatic heterocycles. The Labute approximate surface area is 136 Å². The first-order valence-corrected chi connectivity index (χ1v) is 7.51. The molecule has 1 aliphatic rings. The van der Waals surface area contributed by atoms with E-state index in [1.165, 1.54) is 30.3 Å². The number of aliphatic hydroxyl groups is 1. The molecule has 1 aliphatic carbocycles. The van der Waals surface area contributed by atoms with Crippen LogP contribution in [-0.2, 0) is 10.2 Å². The summed E-state index contributed by atoms with van der Waals surface area (Å²) in [4.78, 5) is 11.5. The van der Waals surface area contributed by atoms with Gasteiger partial charge in [0.05, 0.1) is 5.41 Å². The van der Waals surface area contributed by atoms with E-state index >= 15 is 0 Å². The highest BCUT2D eigenvalue weighted by molar-refractivity contribution is 5.90. The van der Waals surface area contributed by atoms with E-state index in [1.807, 2.05) is 0 Å². The second kappa shape index (κ2) is 5.94. The SMILES string of the molecule is NC(=O)C1(c2ccc(-c3ccc(C(O)C(F)F)cc3)c(F)c2)CC1. The lowest BCUT2D eigenvalue weighted by Gasteiger charge is -2.14. The van der Waals surface area contributed by atoms with Crippen molar-refractivity contribution in [1.82, 2.24) is 0 Å². The number of halogens is 3. The van der Waals surface area contributed by atoms with Crippen LogP contribution in [0.5, 0.6) is 0 Å². The molecule has 1 fully saturated rings. The number of hydrogen-bond acceptors (Lipinski definition) is 2. The summed E-state index contributed by atoms with van der Waals surface area (Å²) < 4.78 is 39.4. The third-order valence-corrected chi connectivity index (χ3v) is 4.55. The lowest BCUT2D eigenvalue weighted by atomic mass is 9.92. The third-order valence-electron chi connectivity index (χ3n) is 4.55. The number of nitrogens with two attached hydrogens (primary N) is 1. The standard InChI is InChI=1S/C18H16F3NO2/c19-14-9-12(18(7-8-18)17(22)24)5-6-13(14)10-1-3-11(4-2-10)15(23)16(20)21/h1-6,9,15-16,23H,7-8H2,(H2,22,24). The van der Waals surface area contributed by atoms with Crippen LogP contribution in [0.15, 0.2) is 42.5 Å². The second-order valence-corrected chi connectivity index (χ2v) is 6.04. The monoisotopic (exact) mass is 335 g/mol. The Balaban J connectivity index is 1.89. The fraction of sp³-hybridized carbons (Fsp3) is 0.278. The summed E-state index contributed by atoms with van der Waals surface area (Å²) in [7, 11) is 0. The molecule has 1 unspecified atom stereocenters. The van der Waals surface area contributed by atoms with Gasteiger partial charge in [0, 0.05) is 5.56 Å². The molecule has 0 bridgehead atoms. The normalized spacial score (nSPS) is 16.9. The van der Waals surface area contributed by atoms with Crippen molar-refractivity contribution >= 4 is 5.91 Å². The van der Waals surface area contributed by atoms with E-state index in [0.29, 0.717) is 24.0 Å². The zero-order valence-electron chi connectivity index (χ0n) is 12.7. The number of aliphatic hydroxyl groups excluding tert-OH is 1. The van der Waals surface area contributed by atoms with Crippen molar-refractivity contribution in [3.05, 3.63) is 59.4 Å². The summed E-state index contributed by atoms with van der Waals surface area (Å²) in [6.07, 6.45) is -3.52. The summed E-state index contributed by atoms with van der Waals surface area (Å²) in [5.41, 5.74) is 6.03. The lowest BCUT2D eigenvalue weighted by molar-refractivity contribution is -0.120. The van der Waals surface area contributed by atoms with E-state index in [0.717, 1.165) is 0 Å². The van der Waals surface area contributed by atoms with Gasteiger partial charge in [0.1, 0.15) is 11.9 Å². The molecule has 0 aliphatic heterocycles. The summed E-state index contributed by atoms with van der Waals surface area (Å²) >= 11 is 0. The number of benzene rings is 2. The molecule has 1 amide bonds. The minimum Gasteiger partial charge on any atom is -0.382 e. The first-order valence-electron chi connectivity index (χ1n) is 7.51. The maximum Gasteiger partial charge on any atom is 0.268 e. The molecule has 3 N–H and O–H groups in total. The molecule has 0 saturated heterocycles. The van der Waals surface area contributed by atoms with E-state index in [2.05, 4.69) is 0 Å². The van der Waals surface area contributed by atoms with E-state index in [9.17, 15) is 23.1 Å². The van der Waals surface area contributed by atoms with Gasteiger partial charge in [-0.1, -0.05) is 36.4 Å². The molecular formula is C18H16F3NO2. The summed E-state index contributed by atoms with van der Waals surface area (Å²) in [5.74, 6) is -0.970. The molecule has 126 valence electrons. The van der Waals surface area contributed by atoms with E-state index in [1.54, 1.807) is 12.1 Å². The van der Waals surface area contributed by atoms with Gasteiger partial charge in [0.25, 0.3) is 6.43 Å². The van der Waals surface area contributed by atoms with Crippen LogP contribution >= 0.6 is 0 Å². The summed E-state index contributed by atoms with van der Waals surface area (Å²) in [5, 5.41) is 9.33. The number of primary amides is 1. The Morgan fingerprint density at radius 3 is 2.21 bits per heavy atom. The van der Waals surface area contributed by atoms with Gasteiger partial charge in [-0.15, -0.1) is 0 Å². The summed E-state index contributed by atoms with van der Waals surface area (Å²) in [6.45, 7) is 0. The van der Waals surface area contributed by atoms with E-state index in [4.69, 9.17) is 5.73 Å². The van der Waals surface area contributed by atoms with Crippen molar-refractivity contribution in [3.8, 4) is 11.1 Å². The van der Waals surface area contributed by atoms with Crippen LogP contribution in [-0.4, -0.2) is 17.4 Å². The molecule has 1 saturated carbocycles. The van der Waals surface area contributed by atoms with Crippen LogP contribution < -0.4 is 5.73 Å². The van der Waals surface area contributed by atoms with Crippen molar-refractivity contribution in [1.29, 1.82) is 0 Å². The first-order chi connectivity index (χ1) is 11.3. The van der Waals surface area contributed by atoms with Crippen molar-refractivity contribution < 1.29 is 23.1 Å². The maximum absolute atomic E-state index is 14.4. The number of hydrogen-bond donors (Lipinski definition) is 2. The van der Waals surface area contributed by atoms with Crippen molar-refractivity contribution in [2.45, 2.75) is 30.8 Å². The smallest absolute Gasteiger partial charge is 0.268 e. The Morgan fingerprint density at radius 1 is 1.12 bits per heavy atom. The van der Waals surface area contributed by atoms with Crippen LogP contribution in [0.25, 0.3) is 11.1 Å². The molecule has 3 nitrogen and oxygen atoms in total. The number of carbonyl (C=O) groups is 1. The van der Waals surface area contributed by atoms with Crippen LogP contribution in [0.1, 0.15) is 30.1 Å². The van der Waals surface area contributed by atoms with Gasteiger partial charge >= 0.3 is 0 Å². The highest BCUT2D eigenvalue weighted by Gasteiger charge is 2.50. The van der Waals surface area contributed by atoms with Crippen LogP contribution in [0.3, 0.4) is 0 Å². The fourth-order valence-electron chi connectivity index (χ4n) is 2.85. The zero-order valence-corrected chi connectivity index (χ0v) is 12.7. The maximum atomic E-state index is 14.4. The average molecular weight is 335 g/mol. The van der Waals surface area contributed by atoms with Crippen LogP contribution in [0.2, 0.25) is 0 Å². The topological polar surface area (TPSA) is 63.3 Å². The van der Waals surface area contributed by atoms with Gasteiger partial charge in [-0.05, 0) is 35.6 Å². The van der Waals surface area contributed by atoms with Gasteiger partial charge in [-0.3, -0.25) is 4.79 Å². The zero-order chi connectivity index (χ0) is 17.5. The second-order valence-electron chi connectivity index (χ2n) is 6.04. The highest BCUT2D eigenvalue weighted by atomic mass is 19.3. The van der Waals surface area contributed by atoms with E-state index < -0.39 is 29.7 Å². The van der Waals surface area contributed by atoms with Crippen molar-refractivity contribution in [3.63, 3.8) is 0 Å². The quantitative estimate of drug-likeness (QED) is 0.880. The predicted molar refractivity (Wildman–Crippen MR) is 82.9 cm³/mol. The minimum atomic E-state index is -2.88. The molecule has 2 aromatic carbocycles. The fourth-order valence-corrected chi connectivity index (χ4v) is 2.85. The molecule has 0 radical (unpaired) electrons. The number of amides is 1. The van der Waals surface area contributed by atoms with Crippen molar-refractivity contribution in [2.24, 2.45) is 5.73 Å². The molecular weight excluding hydrogens is 319 g/mol. The molecule has 0 spiro atoms. The summed E-state index contributed by atoms with van der Waals surface area (Å²) in [6, 6.07) is 10.1. The Hall–Kier alpha value is -2.34. The van der Waals surface area contributed by atoms with Crippen LogP contribution in [0.4, 0.5) is 13.2 Å². The van der Waals surface area contributed by atoms with Gasteiger partial charge in [0.2, 0.25) is 5.91 Å². The van der Waals surface area contributed by atoms with Crippen molar-refractivity contribution in [2.75, 3.05) is 0 Å². The van der Waals surface area contributed by atoms with Gasteiger partial charge < -0.3 is 10.8 Å². The number of carbonyl (C=O) groups excluding carboxylic acids is 1. The molecule has 3 rings (SSSR count). The third kappa shape index (κ3) is 2.78. The number of alkyl halides is 2.